The molecule has 1 aromatic heterocycles. The zero-order chi connectivity index (χ0) is 13.2. The molecule has 2 heterocycles. The van der Waals surface area contributed by atoms with E-state index in [-0.39, 0.29) is 5.91 Å². The maximum atomic E-state index is 11.8. The Labute approximate surface area is 113 Å². The van der Waals surface area contributed by atoms with Crippen LogP contribution in [0.4, 0.5) is 5.95 Å². The van der Waals surface area contributed by atoms with Gasteiger partial charge in [-0.3, -0.25) is 4.79 Å². The summed E-state index contributed by atoms with van der Waals surface area (Å²) >= 11 is 0. The second kappa shape index (κ2) is 5.15. The summed E-state index contributed by atoms with van der Waals surface area (Å²) in [4.78, 5) is 22.7. The third-order valence-corrected chi connectivity index (χ3v) is 3.88. The molecule has 0 bridgehead atoms. The Kier molecular flexibility index (Phi) is 3.36. The van der Waals surface area contributed by atoms with E-state index in [1.807, 2.05) is 0 Å². The highest BCUT2D eigenvalue weighted by Gasteiger charge is 2.24. The van der Waals surface area contributed by atoms with Crippen molar-refractivity contribution in [1.29, 1.82) is 0 Å². The Morgan fingerprint density at radius 3 is 2.42 bits per heavy atom. The number of aromatic nitrogens is 2. The fourth-order valence-electron chi connectivity index (χ4n) is 2.31. The third-order valence-electron chi connectivity index (χ3n) is 3.88. The van der Waals surface area contributed by atoms with Crippen LogP contribution in [0.2, 0.25) is 0 Å². The van der Waals surface area contributed by atoms with Gasteiger partial charge in [0.05, 0.1) is 5.56 Å². The van der Waals surface area contributed by atoms with E-state index in [0.29, 0.717) is 11.6 Å². The maximum absolute atomic E-state index is 11.8. The standard InChI is InChI=1S/C14H20N4O/c1-10-4-6-18(7-5-10)14-15-8-11(9-16-14)13(19)17-12-2-3-12/h8-10,12H,2-7H2,1H3,(H,17,19). The molecule has 1 aromatic rings. The molecule has 1 saturated carbocycles. The smallest absolute Gasteiger partial charge is 0.254 e. The summed E-state index contributed by atoms with van der Waals surface area (Å²) in [7, 11) is 0. The second-order valence-corrected chi connectivity index (χ2v) is 5.69. The molecule has 1 saturated heterocycles. The minimum atomic E-state index is -0.0543. The van der Waals surface area contributed by atoms with Crippen molar-refractivity contribution in [3.8, 4) is 0 Å². The number of nitrogens with zero attached hydrogens (tertiary/aromatic N) is 3. The summed E-state index contributed by atoms with van der Waals surface area (Å²) < 4.78 is 0. The third kappa shape index (κ3) is 3.03. The number of anilines is 1. The molecule has 0 aromatic carbocycles. The first-order valence-electron chi connectivity index (χ1n) is 7.10. The number of amides is 1. The van der Waals surface area contributed by atoms with Gasteiger partial charge in [-0.1, -0.05) is 6.92 Å². The summed E-state index contributed by atoms with van der Waals surface area (Å²) in [5.74, 6) is 1.48. The van der Waals surface area contributed by atoms with Gasteiger partial charge in [-0.2, -0.15) is 0 Å². The highest BCUT2D eigenvalue weighted by Crippen LogP contribution is 2.21. The van der Waals surface area contributed by atoms with Gasteiger partial charge in [-0.05, 0) is 31.6 Å². The van der Waals surface area contributed by atoms with Crippen molar-refractivity contribution >= 4 is 11.9 Å². The van der Waals surface area contributed by atoms with Crippen molar-refractivity contribution in [3.63, 3.8) is 0 Å². The van der Waals surface area contributed by atoms with Gasteiger partial charge in [0.1, 0.15) is 0 Å². The number of carbonyl (C=O) groups excluding carboxylic acids is 1. The lowest BCUT2D eigenvalue weighted by atomic mass is 10.00. The number of rotatable bonds is 3. The molecule has 102 valence electrons. The maximum Gasteiger partial charge on any atom is 0.254 e. The van der Waals surface area contributed by atoms with E-state index in [1.165, 1.54) is 12.8 Å². The van der Waals surface area contributed by atoms with Crippen molar-refractivity contribution in [2.75, 3.05) is 18.0 Å². The fraction of sp³-hybridized carbons (Fsp3) is 0.643. The highest BCUT2D eigenvalue weighted by molar-refractivity contribution is 5.94. The van der Waals surface area contributed by atoms with Gasteiger partial charge in [0.2, 0.25) is 5.95 Å². The van der Waals surface area contributed by atoms with Crippen molar-refractivity contribution in [3.05, 3.63) is 18.0 Å². The average molecular weight is 260 g/mol. The molecule has 1 aliphatic carbocycles. The Morgan fingerprint density at radius 2 is 1.84 bits per heavy atom. The zero-order valence-electron chi connectivity index (χ0n) is 11.3. The molecule has 1 aliphatic heterocycles. The summed E-state index contributed by atoms with van der Waals surface area (Å²) in [5, 5.41) is 2.94. The Bertz CT molecular complexity index is 447. The van der Waals surface area contributed by atoms with E-state index in [9.17, 15) is 4.79 Å². The Hall–Kier alpha value is -1.65. The SMILES string of the molecule is CC1CCN(c2ncc(C(=O)NC3CC3)cn2)CC1. The topological polar surface area (TPSA) is 58.1 Å². The van der Waals surface area contributed by atoms with Crippen LogP contribution in [0.1, 0.15) is 43.0 Å². The van der Waals surface area contributed by atoms with Crippen LogP contribution >= 0.6 is 0 Å². The Balaban J connectivity index is 1.63. The van der Waals surface area contributed by atoms with Crippen LogP contribution in [0, 0.1) is 5.92 Å². The molecule has 1 amide bonds. The van der Waals surface area contributed by atoms with Gasteiger partial charge in [0, 0.05) is 31.5 Å². The summed E-state index contributed by atoms with van der Waals surface area (Å²) in [6.07, 6.45) is 7.84. The van der Waals surface area contributed by atoms with E-state index in [4.69, 9.17) is 0 Å². The highest BCUT2D eigenvalue weighted by atomic mass is 16.1. The van der Waals surface area contributed by atoms with Crippen LogP contribution in [-0.2, 0) is 0 Å². The predicted octanol–water partition coefficient (Wildman–Crippen LogP) is 1.61. The largest absolute Gasteiger partial charge is 0.349 e. The number of hydrogen-bond donors (Lipinski definition) is 1. The number of hydrogen-bond acceptors (Lipinski definition) is 4. The van der Waals surface area contributed by atoms with Gasteiger partial charge in [0.15, 0.2) is 0 Å². The second-order valence-electron chi connectivity index (χ2n) is 5.69. The quantitative estimate of drug-likeness (QED) is 0.897. The molecular weight excluding hydrogens is 240 g/mol. The van der Waals surface area contributed by atoms with Crippen LogP contribution in [0.15, 0.2) is 12.4 Å². The first kappa shape index (κ1) is 12.4. The van der Waals surface area contributed by atoms with Crippen LogP contribution < -0.4 is 10.2 Å². The van der Waals surface area contributed by atoms with Crippen molar-refractivity contribution < 1.29 is 4.79 Å². The van der Waals surface area contributed by atoms with E-state index in [2.05, 4.69) is 27.1 Å². The lowest BCUT2D eigenvalue weighted by molar-refractivity contribution is 0.0950. The zero-order valence-corrected chi connectivity index (χ0v) is 11.3. The van der Waals surface area contributed by atoms with Crippen LogP contribution in [0.5, 0.6) is 0 Å². The normalized spacial score (nSPS) is 20.4. The molecule has 5 heteroatoms. The number of piperidine rings is 1. The van der Waals surface area contributed by atoms with Crippen LogP contribution in [-0.4, -0.2) is 35.0 Å². The molecular formula is C14H20N4O. The van der Waals surface area contributed by atoms with Crippen LogP contribution in [0.25, 0.3) is 0 Å². The number of nitrogens with one attached hydrogen (secondary N) is 1. The van der Waals surface area contributed by atoms with Crippen molar-refractivity contribution in [2.24, 2.45) is 5.92 Å². The molecule has 0 atom stereocenters. The molecule has 5 nitrogen and oxygen atoms in total. The first-order valence-corrected chi connectivity index (χ1v) is 7.10. The summed E-state index contributed by atoms with van der Waals surface area (Å²) in [5.41, 5.74) is 0.557. The van der Waals surface area contributed by atoms with Crippen molar-refractivity contribution in [2.45, 2.75) is 38.6 Å². The Morgan fingerprint density at radius 1 is 1.21 bits per heavy atom. The molecule has 1 N–H and O–H groups in total. The lowest BCUT2D eigenvalue weighted by Gasteiger charge is -2.30. The molecule has 3 rings (SSSR count). The summed E-state index contributed by atoms with van der Waals surface area (Å²) in [6, 6.07) is 0.371. The van der Waals surface area contributed by atoms with E-state index >= 15 is 0 Å². The monoisotopic (exact) mass is 260 g/mol. The van der Waals surface area contributed by atoms with Gasteiger partial charge in [-0.25, -0.2) is 9.97 Å². The minimum Gasteiger partial charge on any atom is -0.349 e. The lowest BCUT2D eigenvalue weighted by Crippen LogP contribution is -2.34. The van der Waals surface area contributed by atoms with Crippen LogP contribution in [0.3, 0.4) is 0 Å². The number of carbonyl (C=O) groups is 1. The van der Waals surface area contributed by atoms with Gasteiger partial charge < -0.3 is 10.2 Å². The van der Waals surface area contributed by atoms with E-state index in [1.54, 1.807) is 12.4 Å². The van der Waals surface area contributed by atoms with Gasteiger partial charge >= 0.3 is 0 Å². The molecule has 0 radical (unpaired) electrons. The molecule has 2 fully saturated rings. The van der Waals surface area contributed by atoms with Gasteiger partial charge in [-0.15, -0.1) is 0 Å². The summed E-state index contributed by atoms with van der Waals surface area (Å²) in [6.45, 7) is 4.30. The first-order chi connectivity index (χ1) is 9.22. The average Bonchev–Trinajstić information content (AvgIpc) is 3.24. The molecule has 0 spiro atoms. The van der Waals surface area contributed by atoms with E-state index in [0.717, 1.165) is 37.8 Å². The minimum absolute atomic E-state index is 0.0543. The fourth-order valence-corrected chi connectivity index (χ4v) is 2.31. The van der Waals surface area contributed by atoms with E-state index < -0.39 is 0 Å². The molecule has 19 heavy (non-hydrogen) atoms. The predicted molar refractivity (Wildman–Crippen MR) is 73.1 cm³/mol. The van der Waals surface area contributed by atoms with Gasteiger partial charge in [0.25, 0.3) is 5.91 Å². The van der Waals surface area contributed by atoms with Crippen molar-refractivity contribution in [1.82, 2.24) is 15.3 Å². The molecule has 0 unspecified atom stereocenters. The molecule has 2 aliphatic rings.